The van der Waals surface area contributed by atoms with E-state index < -0.39 is 0 Å². The van der Waals surface area contributed by atoms with Gasteiger partial charge in [0.2, 0.25) is 5.91 Å². The van der Waals surface area contributed by atoms with E-state index in [2.05, 4.69) is 0 Å². The van der Waals surface area contributed by atoms with E-state index >= 15 is 0 Å². The van der Waals surface area contributed by atoms with E-state index in [1.807, 2.05) is 12.1 Å². The maximum Gasteiger partial charge on any atom is 0.222 e. The first-order chi connectivity index (χ1) is 7.24. The molecule has 0 aliphatic carbocycles. The van der Waals surface area contributed by atoms with Gasteiger partial charge in [-0.05, 0) is 12.1 Å². The van der Waals surface area contributed by atoms with Gasteiger partial charge in [-0.1, -0.05) is 0 Å². The Hall–Kier alpha value is -1.76. The molecule has 0 bridgehead atoms. The summed E-state index contributed by atoms with van der Waals surface area (Å²) < 4.78 is 5.12. The third kappa shape index (κ3) is 3.86. The van der Waals surface area contributed by atoms with Crippen molar-refractivity contribution in [2.75, 3.05) is 13.6 Å². The molecule has 4 nitrogen and oxygen atoms in total. The van der Waals surface area contributed by atoms with Crippen molar-refractivity contribution in [2.24, 2.45) is 0 Å². The van der Waals surface area contributed by atoms with E-state index in [1.165, 1.54) is 0 Å². The van der Waals surface area contributed by atoms with Crippen LogP contribution < -0.4 is 0 Å². The number of nitriles is 1. The lowest BCUT2D eigenvalue weighted by Gasteiger charge is -2.14. The van der Waals surface area contributed by atoms with Gasteiger partial charge in [-0.25, -0.2) is 0 Å². The molecule has 0 saturated carbocycles. The van der Waals surface area contributed by atoms with Crippen molar-refractivity contribution in [1.82, 2.24) is 4.90 Å². The molecule has 80 valence electrons. The smallest absolute Gasteiger partial charge is 0.222 e. The minimum Gasteiger partial charge on any atom is -0.469 e. The normalized spacial score (nSPS) is 9.60. The average Bonchev–Trinajstić information content (AvgIpc) is 2.75. The first-order valence-corrected chi connectivity index (χ1v) is 4.87. The minimum atomic E-state index is 0.0432. The zero-order valence-electron chi connectivity index (χ0n) is 8.77. The summed E-state index contributed by atoms with van der Waals surface area (Å²) in [4.78, 5) is 13.1. The Morgan fingerprint density at radius 1 is 1.67 bits per heavy atom. The molecule has 1 heterocycles. The van der Waals surface area contributed by atoms with Gasteiger partial charge in [0.05, 0.1) is 18.8 Å². The van der Waals surface area contributed by atoms with Gasteiger partial charge in [0.15, 0.2) is 0 Å². The number of hydrogen-bond donors (Lipinski definition) is 0. The topological polar surface area (TPSA) is 57.2 Å². The highest BCUT2D eigenvalue weighted by molar-refractivity contribution is 5.76. The van der Waals surface area contributed by atoms with Crippen molar-refractivity contribution in [1.29, 1.82) is 5.26 Å². The van der Waals surface area contributed by atoms with E-state index in [-0.39, 0.29) is 5.91 Å². The SMILES string of the molecule is CN(CCC#N)C(=O)CCc1ccco1. The fraction of sp³-hybridized carbons (Fsp3) is 0.455. The molecule has 1 rings (SSSR count). The Morgan fingerprint density at radius 2 is 2.47 bits per heavy atom. The number of carbonyl (C=O) groups is 1. The van der Waals surface area contributed by atoms with Crippen molar-refractivity contribution in [3.8, 4) is 6.07 Å². The van der Waals surface area contributed by atoms with Crippen molar-refractivity contribution in [3.63, 3.8) is 0 Å². The fourth-order valence-electron chi connectivity index (χ4n) is 1.22. The zero-order valence-corrected chi connectivity index (χ0v) is 8.77. The molecular formula is C11H14N2O2. The molecule has 1 aromatic rings. The summed E-state index contributed by atoms with van der Waals surface area (Å²) in [5, 5.41) is 8.37. The lowest BCUT2D eigenvalue weighted by molar-refractivity contribution is -0.129. The molecule has 4 heteroatoms. The molecule has 0 saturated heterocycles. The Labute approximate surface area is 89.1 Å². The summed E-state index contributed by atoms with van der Waals surface area (Å²) in [7, 11) is 1.71. The van der Waals surface area contributed by atoms with Crippen LogP contribution in [0, 0.1) is 11.3 Å². The van der Waals surface area contributed by atoms with Gasteiger partial charge in [0.1, 0.15) is 5.76 Å². The molecule has 1 aromatic heterocycles. The second-order valence-electron chi connectivity index (χ2n) is 3.30. The van der Waals surface area contributed by atoms with Crippen LogP contribution in [0.3, 0.4) is 0 Å². The number of aryl methyl sites for hydroxylation is 1. The van der Waals surface area contributed by atoms with Gasteiger partial charge in [-0.2, -0.15) is 5.26 Å². The predicted molar refractivity (Wildman–Crippen MR) is 54.9 cm³/mol. The number of hydrogen-bond acceptors (Lipinski definition) is 3. The van der Waals surface area contributed by atoms with E-state index in [9.17, 15) is 4.79 Å². The van der Waals surface area contributed by atoms with Gasteiger partial charge in [0, 0.05) is 26.4 Å². The van der Waals surface area contributed by atoms with E-state index in [4.69, 9.17) is 9.68 Å². The minimum absolute atomic E-state index is 0.0432. The van der Waals surface area contributed by atoms with Crippen LogP contribution in [-0.2, 0) is 11.2 Å². The van der Waals surface area contributed by atoms with Crippen LogP contribution in [0.2, 0.25) is 0 Å². The maximum absolute atomic E-state index is 11.5. The number of furan rings is 1. The molecule has 1 amide bonds. The summed E-state index contributed by atoms with van der Waals surface area (Å²) in [5.74, 6) is 0.860. The van der Waals surface area contributed by atoms with Crippen molar-refractivity contribution < 1.29 is 9.21 Å². The van der Waals surface area contributed by atoms with Crippen molar-refractivity contribution in [2.45, 2.75) is 19.3 Å². The number of nitrogens with zero attached hydrogens (tertiary/aromatic N) is 2. The number of rotatable bonds is 5. The Morgan fingerprint density at radius 3 is 3.07 bits per heavy atom. The lowest BCUT2D eigenvalue weighted by atomic mass is 10.2. The Bertz CT molecular complexity index is 338. The van der Waals surface area contributed by atoms with Crippen LogP contribution in [0.15, 0.2) is 22.8 Å². The highest BCUT2D eigenvalue weighted by atomic mass is 16.3. The molecule has 0 unspecified atom stereocenters. The molecule has 0 atom stereocenters. The molecule has 0 radical (unpaired) electrons. The fourth-order valence-corrected chi connectivity index (χ4v) is 1.22. The third-order valence-electron chi connectivity index (χ3n) is 2.15. The van der Waals surface area contributed by atoms with Gasteiger partial charge in [-0.15, -0.1) is 0 Å². The standard InChI is InChI=1S/C11H14N2O2/c1-13(8-3-7-12)11(14)6-5-10-4-2-9-15-10/h2,4,9H,3,5-6,8H2,1H3. The van der Waals surface area contributed by atoms with Gasteiger partial charge in [0.25, 0.3) is 0 Å². The number of amides is 1. The molecule has 0 aromatic carbocycles. The van der Waals surface area contributed by atoms with Gasteiger partial charge < -0.3 is 9.32 Å². The van der Waals surface area contributed by atoms with Crippen LogP contribution in [0.1, 0.15) is 18.6 Å². The highest BCUT2D eigenvalue weighted by Crippen LogP contribution is 2.05. The highest BCUT2D eigenvalue weighted by Gasteiger charge is 2.08. The number of carbonyl (C=O) groups excluding carboxylic acids is 1. The zero-order chi connectivity index (χ0) is 11.1. The monoisotopic (exact) mass is 206 g/mol. The molecule has 0 N–H and O–H groups in total. The summed E-state index contributed by atoms with van der Waals surface area (Å²) in [6.45, 7) is 0.494. The second kappa shape index (κ2) is 5.86. The third-order valence-corrected chi connectivity index (χ3v) is 2.15. The second-order valence-corrected chi connectivity index (χ2v) is 3.30. The summed E-state index contributed by atoms with van der Waals surface area (Å²) in [6, 6.07) is 5.67. The van der Waals surface area contributed by atoms with E-state index in [1.54, 1.807) is 24.3 Å². The lowest BCUT2D eigenvalue weighted by Crippen LogP contribution is -2.27. The van der Waals surface area contributed by atoms with Crippen LogP contribution in [-0.4, -0.2) is 24.4 Å². The summed E-state index contributed by atoms with van der Waals surface area (Å²) in [5.41, 5.74) is 0. The maximum atomic E-state index is 11.5. The molecule has 0 spiro atoms. The van der Waals surface area contributed by atoms with E-state index in [0.29, 0.717) is 25.8 Å². The van der Waals surface area contributed by atoms with Crippen molar-refractivity contribution in [3.05, 3.63) is 24.2 Å². The van der Waals surface area contributed by atoms with E-state index in [0.717, 1.165) is 5.76 Å². The molecule has 0 aliphatic rings. The first-order valence-electron chi connectivity index (χ1n) is 4.87. The van der Waals surface area contributed by atoms with Crippen LogP contribution in [0.5, 0.6) is 0 Å². The quantitative estimate of drug-likeness (QED) is 0.735. The average molecular weight is 206 g/mol. The predicted octanol–water partition coefficient (Wildman–Crippen LogP) is 1.58. The largest absolute Gasteiger partial charge is 0.469 e. The van der Waals surface area contributed by atoms with Crippen LogP contribution >= 0.6 is 0 Å². The summed E-state index contributed by atoms with van der Waals surface area (Å²) in [6.07, 6.45) is 3.01. The molecule has 15 heavy (non-hydrogen) atoms. The Kier molecular flexibility index (Phi) is 4.42. The first kappa shape index (κ1) is 11.3. The molecule has 0 aliphatic heterocycles. The van der Waals surface area contributed by atoms with Crippen molar-refractivity contribution >= 4 is 5.91 Å². The molecular weight excluding hydrogens is 192 g/mol. The summed E-state index contributed by atoms with van der Waals surface area (Å²) >= 11 is 0. The van der Waals surface area contributed by atoms with Crippen LogP contribution in [0.4, 0.5) is 0 Å². The van der Waals surface area contributed by atoms with Crippen LogP contribution in [0.25, 0.3) is 0 Å². The molecule has 0 fully saturated rings. The van der Waals surface area contributed by atoms with Gasteiger partial charge >= 0.3 is 0 Å². The Balaban J connectivity index is 2.27. The van der Waals surface area contributed by atoms with Gasteiger partial charge in [-0.3, -0.25) is 4.79 Å².